The third kappa shape index (κ3) is 3.04. The molecule has 0 aromatic heterocycles. The molecule has 0 bridgehead atoms. The molecule has 1 unspecified atom stereocenters. The minimum absolute atomic E-state index is 0.249. The number of aryl methyl sites for hydroxylation is 1. The highest BCUT2D eigenvalue weighted by Gasteiger charge is 2.32. The monoisotopic (exact) mass is 258 g/mol. The Kier molecular flexibility index (Phi) is 3.58. The average molecular weight is 258 g/mol. The quantitative estimate of drug-likeness (QED) is 0.588. The van der Waals surface area contributed by atoms with Crippen molar-refractivity contribution in [3.8, 4) is 0 Å². The van der Waals surface area contributed by atoms with Gasteiger partial charge in [0.05, 0.1) is 0 Å². The molecule has 1 aromatic carbocycles. The Balaban J connectivity index is 2.41. The summed E-state index contributed by atoms with van der Waals surface area (Å²) in [6.07, 6.45) is 4.08. The zero-order chi connectivity index (χ0) is 14.4. The van der Waals surface area contributed by atoms with Gasteiger partial charge in [-0.3, -0.25) is 0 Å². The van der Waals surface area contributed by atoms with Crippen LogP contribution in [0.1, 0.15) is 82.1 Å². The maximum Gasteiger partial charge on any atom is -0.0129 e. The van der Waals surface area contributed by atoms with Crippen LogP contribution in [-0.4, -0.2) is 0 Å². The van der Waals surface area contributed by atoms with Crippen LogP contribution < -0.4 is 0 Å². The first kappa shape index (κ1) is 14.6. The van der Waals surface area contributed by atoms with E-state index in [0.717, 1.165) is 5.92 Å². The van der Waals surface area contributed by atoms with Gasteiger partial charge in [0.15, 0.2) is 0 Å². The molecule has 1 aliphatic rings. The van der Waals surface area contributed by atoms with Crippen LogP contribution in [0.25, 0.3) is 0 Å². The first-order valence-corrected chi connectivity index (χ1v) is 7.72. The third-order valence-corrected chi connectivity index (χ3v) is 4.94. The molecule has 0 spiro atoms. The molecule has 0 nitrogen and oxygen atoms in total. The smallest absolute Gasteiger partial charge is 0.0129 e. The summed E-state index contributed by atoms with van der Waals surface area (Å²) in [5, 5.41) is 0. The molecule has 2 rings (SSSR count). The van der Waals surface area contributed by atoms with Crippen molar-refractivity contribution in [2.45, 2.75) is 79.1 Å². The van der Waals surface area contributed by atoms with Crippen LogP contribution in [0.3, 0.4) is 0 Å². The van der Waals surface area contributed by atoms with Gasteiger partial charge in [0, 0.05) is 0 Å². The van der Waals surface area contributed by atoms with Gasteiger partial charge in [-0.25, -0.2) is 0 Å². The molecule has 106 valence electrons. The van der Waals surface area contributed by atoms with Gasteiger partial charge in [-0.1, -0.05) is 46.8 Å². The molecule has 1 aromatic rings. The highest BCUT2D eigenvalue weighted by molar-refractivity contribution is 5.42. The lowest BCUT2D eigenvalue weighted by atomic mass is 9.79. The van der Waals surface area contributed by atoms with Crippen LogP contribution in [0, 0.1) is 19.3 Å². The zero-order valence-electron chi connectivity index (χ0n) is 13.9. The van der Waals surface area contributed by atoms with Crippen LogP contribution in [0.5, 0.6) is 0 Å². The van der Waals surface area contributed by atoms with Gasteiger partial charge in [-0.2, -0.15) is 0 Å². The van der Waals surface area contributed by atoms with Gasteiger partial charge in [-0.15, -0.1) is 0 Å². The van der Waals surface area contributed by atoms with Crippen molar-refractivity contribution < 1.29 is 0 Å². The van der Waals surface area contributed by atoms with Gasteiger partial charge in [0.25, 0.3) is 0 Å². The second kappa shape index (κ2) is 4.65. The Morgan fingerprint density at radius 2 is 1.74 bits per heavy atom. The lowest BCUT2D eigenvalue weighted by molar-refractivity contribution is 0.376. The van der Waals surface area contributed by atoms with E-state index < -0.39 is 0 Å². The summed E-state index contributed by atoms with van der Waals surface area (Å²) < 4.78 is 0. The Morgan fingerprint density at radius 1 is 1.11 bits per heavy atom. The minimum atomic E-state index is 0.249. The van der Waals surface area contributed by atoms with E-state index in [-0.39, 0.29) is 5.41 Å². The summed E-state index contributed by atoms with van der Waals surface area (Å²) in [4.78, 5) is 0. The summed E-state index contributed by atoms with van der Waals surface area (Å²) in [6, 6.07) is 4.94. The summed E-state index contributed by atoms with van der Waals surface area (Å²) in [6.45, 7) is 16.4. The molecule has 0 saturated heterocycles. The Hall–Kier alpha value is -0.780. The van der Waals surface area contributed by atoms with Crippen molar-refractivity contribution >= 4 is 0 Å². The van der Waals surface area contributed by atoms with Gasteiger partial charge in [-0.05, 0) is 72.1 Å². The molecule has 0 heteroatoms. The van der Waals surface area contributed by atoms with E-state index >= 15 is 0 Å². The van der Waals surface area contributed by atoms with E-state index in [0.29, 0.717) is 5.41 Å². The van der Waals surface area contributed by atoms with E-state index in [1.807, 2.05) is 0 Å². The molecular formula is C19H30. The second-order valence-electron chi connectivity index (χ2n) is 8.36. The Bertz CT molecular complexity index is 472. The maximum absolute atomic E-state index is 2.49. The molecule has 0 amide bonds. The first-order chi connectivity index (χ1) is 8.60. The van der Waals surface area contributed by atoms with Crippen LogP contribution >= 0.6 is 0 Å². The number of hydrogen-bond donors (Lipinski definition) is 0. The number of benzene rings is 1. The third-order valence-electron chi connectivity index (χ3n) is 4.94. The molecular weight excluding hydrogens is 228 g/mol. The molecule has 1 fully saturated rings. The van der Waals surface area contributed by atoms with Gasteiger partial charge in [0.2, 0.25) is 0 Å². The van der Waals surface area contributed by atoms with E-state index in [2.05, 4.69) is 60.6 Å². The zero-order valence-corrected chi connectivity index (χ0v) is 13.9. The Labute approximate surface area is 119 Å². The molecule has 0 aliphatic heterocycles. The van der Waals surface area contributed by atoms with Gasteiger partial charge < -0.3 is 0 Å². The maximum atomic E-state index is 2.49. The number of rotatable bonds is 1. The highest BCUT2D eigenvalue weighted by atomic mass is 14.4. The van der Waals surface area contributed by atoms with E-state index in [9.17, 15) is 0 Å². The van der Waals surface area contributed by atoms with Crippen molar-refractivity contribution in [3.05, 3.63) is 34.4 Å². The minimum Gasteiger partial charge on any atom is -0.0599 e. The molecule has 1 saturated carbocycles. The summed E-state index contributed by atoms with van der Waals surface area (Å²) in [5.74, 6) is 0.774. The lowest BCUT2D eigenvalue weighted by Gasteiger charge is -2.26. The van der Waals surface area contributed by atoms with E-state index in [1.54, 1.807) is 5.56 Å². The summed E-state index contributed by atoms with van der Waals surface area (Å²) in [5.41, 5.74) is 6.84. The van der Waals surface area contributed by atoms with Crippen molar-refractivity contribution in [2.24, 2.45) is 5.41 Å². The van der Waals surface area contributed by atoms with Gasteiger partial charge in [0.1, 0.15) is 0 Å². The largest absolute Gasteiger partial charge is 0.0599 e. The summed E-state index contributed by atoms with van der Waals surface area (Å²) >= 11 is 0. The normalized spacial score (nSPS) is 22.8. The topological polar surface area (TPSA) is 0 Å². The molecule has 0 N–H and O–H groups in total. The SMILES string of the molecule is Cc1cc(C2CCC(C)(C)C2)cc(C(C)(C)C)c1C. The van der Waals surface area contributed by atoms with E-state index in [4.69, 9.17) is 0 Å². The van der Waals surface area contributed by atoms with Crippen molar-refractivity contribution in [3.63, 3.8) is 0 Å². The molecule has 0 heterocycles. The van der Waals surface area contributed by atoms with Crippen LogP contribution in [0.4, 0.5) is 0 Å². The van der Waals surface area contributed by atoms with Crippen LogP contribution in [0.2, 0.25) is 0 Å². The van der Waals surface area contributed by atoms with Crippen molar-refractivity contribution in [2.75, 3.05) is 0 Å². The van der Waals surface area contributed by atoms with Crippen LogP contribution in [-0.2, 0) is 5.41 Å². The first-order valence-electron chi connectivity index (χ1n) is 7.72. The number of hydrogen-bond acceptors (Lipinski definition) is 0. The average Bonchev–Trinajstić information content (AvgIpc) is 2.61. The van der Waals surface area contributed by atoms with Crippen molar-refractivity contribution in [1.29, 1.82) is 0 Å². The molecule has 0 radical (unpaired) electrons. The predicted octanol–water partition coefficient (Wildman–Crippen LogP) is 5.89. The van der Waals surface area contributed by atoms with Crippen LogP contribution in [0.15, 0.2) is 12.1 Å². The molecule has 19 heavy (non-hydrogen) atoms. The Morgan fingerprint density at radius 3 is 2.21 bits per heavy atom. The van der Waals surface area contributed by atoms with Crippen molar-refractivity contribution in [1.82, 2.24) is 0 Å². The standard InChI is InChI=1S/C19H30/c1-13-10-16(15-8-9-19(6,7)12-15)11-17(14(13)2)18(3,4)5/h10-11,15H,8-9,12H2,1-7H3. The second-order valence-corrected chi connectivity index (χ2v) is 8.36. The van der Waals surface area contributed by atoms with E-state index in [1.165, 1.54) is 36.0 Å². The fourth-order valence-electron chi connectivity index (χ4n) is 3.62. The highest BCUT2D eigenvalue weighted by Crippen LogP contribution is 2.46. The fourth-order valence-corrected chi connectivity index (χ4v) is 3.62. The molecule has 1 aliphatic carbocycles. The van der Waals surface area contributed by atoms with Gasteiger partial charge >= 0.3 is 0 Å². The predicted molar refractivity (Wildman–Crippen MR) is 85.0 cm³/mol. The summed E-state index contributed by atoms with van der Waals surface area (Å²) in [7, 11) is 0. The lowest BCUT2D eigenvalue weighted by Crippen LogP contribution is -2.15. The molecule has 1 atom stereocenters. The fraction of sp³-hybridized carbons (Fsp3) is 0.684.